The van der Waals surface area contributed by atoms with Crippen LogP contribution in [0, 0.1) is 11.8 Å². The van der Waals surface area contributed by atoms with Crippen molar-refractivity contribution in [3.8, 4) is 0 Å². The number of carboxylic acid groups (broad SMARTS) is 1. The van der Waals surface area contributed by atoms with Crippen molar-refractivity contribution in [1.29, 1.82) is 0 Å². The van der Waals surface area contributed by atoms with E-state index in [0.717, 1.165) is 6.08 Å². The molecule has 8 heteroatoms. The number of hydrogen-bond donors (Lipinski definition) is 1. The lowest BCUT2D eigenvalue weighted by Gasteiger charge is -2.21. The Morgan fingerprint density at radius 2 is 2.18 bits per heavy atom. The first kappa shape index (κ1) is 17.7. The number of ether oxygens (including phenoxy) is 3. The summed E-state index contributed by atoms with van der Waals surface area (Å²) in [7, 11) is 0. The summed E-state index contributed by atoms with van der Waals surface area (Å²) >= 11 is 0. The van der Waals surface area contributed by atoms with Crippen molar-refractivity contribution in [2.45, 2.75) is 25.9 Å². The Labute approximate surface area is 127 Å². The van der Waals surface area contributed by atoms with Gasteiger partial charge in [0, 0.05) is 6.08 Å². The highest BCUT2D eigenvalue weighted by molar-refractivity contribution is 5.84. The summed E-state index contributed by atoms with van der Waals surface area (Å²) in [6, 6.07) is 0. The van der Waals surface area contributed by atoms with E-state index in [1.807, 2.05) is 0 Å². The van der Waals surface area contributed by atoms with E-state index >= 15 is 0 Å². The van der Waals surface area contributed by atoms with Crippen molar-refractivity contribution in [1.82, 2.24) is 0 Å². The second-order valence-electron chi connectivity index (χ2n) is 4.84. The van der Waals surface area contributed by atoms with E-state index in [2.05, 4.69) is 11.3 Å². The van der Waals surface area contributed by atoms with Gasteiger partial charge in [0.1, 0.15) is 6.10 Å². The second-order valence-corrected chi connectivity index (χ2v) is 4.84. The number of esters is 3. The van der Waals surface area contributed by atoms with Gasteiger partial charge in [0.05, 0.1) is 18.4 Å². The molecule has 1 N–H and O–H groups in total. The molecule has 1 aliphatic rings. The SMILES string of the molecule is C=CC(=O)OCC(=O)OC(C)C(CC1CCOC1=O)C(=O)O. The molecule has 0 radical (unpaired) electrons. The van der Waals surface area contributed by atoms with Crippen LogP contribution in [0.5, 0.6) is 0 Å². The van der Waals surface area contributed by atoms with Gasteiger partial charge in [-0.25, -0.2) is 9.59 Å². The Hall–Kier alpha value is -2.38. The van der Waals surface area contributed by atoms with E-state index < -0.39 is 48.4 Å². The summed E-state index contributed by atoms with van der Waals surface area (Å²) in [6.45, 7) is 4.21. The molecule has 0 aliphatic carbocycles. The minimum Gasteiger partial charge on any atom is -0.481 e. The van der Waals surface area contributed by atoms with Crippen LogP contribution in [-0.2, 0) is 33.4 Å². The van der Waals surface area contributed by atoms with Gasteiger partial charge in [0.25, 0.3) is 0 Å². The Bertz CT molecular complexity index is 469. The number of aliphatic carboxylic acids is 1. The molecule has 22 heavy (non-hydrogen) atoms. The molecule has 1 fully saturated rings. The summed E-state index contributed by atoms with van der Waals surface area (Å²) in [5, 5.41) is 9.22. The highest BCUT2D eigenvalue weighted by Gasteiger charge is 2.36. The molecule has 0 bridgehead atoms. The van der Waals surface area contributed by atoms with Gasteiger partial charge in [0.2, 0.25) is 0 Å². The number of carbonyl (C=O) groups is 4. The monoisotopic (exact) mass is 314 g/mol. The minimum absolute atomic E-state index is 0.0229. The van der Waals surface area contributed by atoms with Crippen molar-refractivity contribution < 1.29 is 38.5 Å². The van der Waals surface area contributed by atoms with Crippen molar-refractivity contribution in [3.05, 3.63) is 12.7 Å². The minimum atomic E-state index is -1.18. The van der Waals surface area contributed by atoms with Crippen LogP contribution in [-0.4, -0.2) is 48.3 Å². The summed E-state index contributed by atoms with van der Waals surface area (Å²) in [5.74, 6) is -4.83. The maximum atomic E-state index is 11.5. The lowest BCUT2D eigenvalue weighted by molar-refractivity contribution is -0.165. The molecular formula is C14H18O8. The van der Waals surface area contributed by atoms with Crippen LogP contribution < -0.4 is 0 Å². The molecule has 0 saturated carbocycles. The van der Waals surface area contributed by atoms with Gasteiger partial charge in [-0.1, -0.05) is 6.58 Å². The Morgan fingerprint density at radius 1 is 1.50 bits per heavy atom. The second kappa shape index (κ2) is 8.16. The van der Waals surface area contributed by atoms with Crippen LogP contribution in [0.15, 0.2) is 12.7 Å². The molecule has 0 amide bonds. The van der Waals surface area contributed by atoms with Crippen molar-refractivity contribution in [3.63, 3.8) is 0 Å². The zero-order chi connectivity index (χ0) is 16.7. The average molecular weight is 314 g/mol. The van der Waals surface area contributed by atoms with Crippen molar-refractivity contribution in [2.24, 2.45) is 11.8 Å². The van der Waals surface area contributed by atoms with Gasteiger partial charge < -0.3 is 19.3 Å². The van der Waals surface area contributed by atoms with Gasteiger partial charge in [0.15, 0.2) is 6.61 Å². The van der Waals surface area contributed by atoms with E-state index in [9.17, 15) is 24.3 Å². The Balaban J connectivity index is 2.53. The average Bonchev–Trinajstić information content (AvgIpc) is 2.86. The zero-order valence-corrected chi connectivity index (χ0v) is 12.1. The predicted molar refractivity (Wildman–Crippen MR) is 71.5 cm³/mol. The van der Waals surface area contributed by atoms with Gasteiger partial charge in [-0.15, -0.1) is 0 Å². The lowest BCUT2D eigenvalue weighted by atomic mass is 9.90. The van der Waals surface area contributed by atoms with E-state index in [0.29, 0.717) is 6.42 Å². The molecule has 3 atom stereocenters. The highest BCUT2D eigenvalue weighted by Crippen LogP contribution is 2.26. The van der Waals surface area contributed by atoms with Crippen molar-refractivity contribution in [2.75, 3.05) is 13.2 Å². The summed E-state index contributed by atoms with van der Waals surface area (Å²) in [4.78, 5) is 45.0. The van der Waals surface area contributed by atoms with Crippen molar-refractivity contribution >= 4 is 23.9 Å². The number of hydrogen-bond acceptors (Lipinski definition) is 7. The standard InChI is InChI=1S/C14H18O8/c1-3-11(15)21-7-12(16)22-8(2)10(13(17)18)6-9-4-5-20-14(9)19/h3,8-10H,1,4-7H2,2H3,(H,17,18). The fourth-order valence-corrected chi connectivity index (χ4v) is 2.06. The third-order valence-corrected chi connectivity index (χ3v) is 3.28. The maximum Gasteiger partial charge on any atom is 0.344 e. The first-order valence-corrected chi connectivity index (χ1v) is 6.73. The molecule has 1 heterocycles. The fourth-order valence-electron chi connectivity index (χ4n) is 2.06. The molecule has 0 aromatic rings. The maximum absolute atomic E-state index is 11.5. The first-order chi connectivity index (χ1) is 10.3. The highest BCUT2D eigenvalue weighted by atomic mass is 16.6. The fraction of sp³-hybridized carbons (Fsp3) is 0.571. The molecule has 0 aromatic carbocycles. The number of rotatable bonds is 8. The molecule has 0 spiro atoms. The van der Waals surface area contributed by atoms with Crippen LogP contribution in [0.2, 0.25) is 0 Å². The molecule has 0 aromatic heterocycles. The first-order valence-electron chi connectivity index (χ1n) is 6.73. The molecule has 1 saturated heterocycles. The lowest BCUT2D eigenvalue weighted by Crippen LogP contribution is -2.33. The summed E-state index contributed by atoms with van der Waals surface area (Å²) in [5.41, 5.74) is 0. The van der Waals surface area contributed by atoms with Gasteiger partial charge in [-0.05, 0) is 19.8 Å². The smallest absolute Gasteiger partial charge is 0.344 e. The van der Waals surface area contributed by atoms with E-state index in [1.54, 1.807) is 0 Å². The zero-order valence-electron chi connectivity index (χ0n) is 12.1. The Morgan fingerprint density at radius 3 is 2.68 bits per heavy atom. The predicted octanol–water partition coefficient (Wildman–Crippen LogP) is 0.301. The Kier molecular flexibility index (Phi) is 6.55. The summed E-state index contributed by atoms with van der Waals surface area (Å²) in [6.07, 6.45) is 0.387. The molecule has 1 aliphatic heterocycles. The number of carboxylic acids is 1. The number of cyclic esters (lactones) is 1. The van der Waals surface area contributed by atoms with Gasteiger partial charge in [-0.2, -0.15) is 0 Å². The number of carbonyl (C=O) groups excluding carboxylic acids is 3. The third-order valence-electron chi connectivity index (χ3n) is 3.28. The van der Waals surface area contributed by atoms with Gasteiger partial charge >= 0.3 is 23.9 Å². The van der Waals surface area contributed by atoms with Crippen LogP contribution in [0.1, 0.15) is 19.8 Å². The molecule has 1 rings (SSSR count). The van der Waals surface area contributed by atoms with E-state index in [-0.39, 0.29) is 13.0 Å². The van der Waals surface area contributed by atoms with Crippen LogP contribution in [0.4, 0.5) is 0 Å². The van der Waals surface area contributed by atoms with Gasteiger partial charge in [-0.3, -0.25) is 9.59 Å². The molecule has 122 valence electrons. The topological polar surface area (TPSA) is 116 Å². The van der Waals surface area contributed by atoms with Crippen LogP contribution in [0.25, 0.3) is 0 Å². The largest absolute Gasteiger partial charge is 0.481 e. The third kappa shape index (κ3) is 5.19. The normalized spacial score (nSPS) is 19.7. The summed E-state index contributed by atoms with van der Waals surface area (Å²) < 4.78 is 14.2. The quantitative estimate of drug-likeness (QED) is 0.386. The van der Waals surface area contributed by atoms with Crippen LogP contribution in [0.3, 0.4) is 0 Å². The van der Waals surface area contributed by atoms with Crippen LogP contribution >= 0.6 is 0 Å². The molecular weight excluding hydrogens is 296 g/mol. The van der Waals surface area contributed by atoms with E-state index in [4.69, 9.17) is 9.47 Å². The molecule has 3 unspecified atom stereocenters. The van der Waals surface area contributed by atoms with E-state index in [1.165, 1.54) is 6.92 Å². The molecule has 8 nitrogen and oxygen atoms in total.